The van der Waals surface area contributed by atoms with Gasteiger partial charge in [0.15, 0.2) is 0 Å². The molecule has 3 rings (SSSR count). The molecule has 1 aliphatic carbocycles. The first-order chi connectivity index (χ1) is 4.85. The maximum absolute atomic E-state index is 5.56. The summed E-state index contributed by atoms with van der Waals surface area (Å²) < 4.78 is 5.56. The average Bonchev–Trinajstić information content (AvgIpc) is 2.47. The highest BCUT2D eigenvalue weighted by atomic mass is 16.5. The smallest absolute Gasteiger partial charge is 0.0687 e. The van der Waals surface area contributed by atoms with Gasteiger partial charge >= 0.3 is 0 Å². The Bertz CT molecular complexity index is 97.8. The predicted octanol–water partition coefficient (Wildman–Crippen LogP) is 2.60. The summed E-state index contributed by atoms with van der Waals surface area (Å²) in [4.78, 5) is 0. The lowest BCUT2D eigenvalue weighted by molar-refractivity contribution is -0.00146. The van der Waals surface area contributed by atoms with Crippen molar-refractivity contribution in [1.82, 2.24) is 0 Å². The minimum absolute atomic E-state index is 0.380. The van der Waals surface area contributed by atoms with E-state index in [1.165, 1.54) is 19.3 Å². The Balaban J connectivity index is 0.000000231. The molecule has 0 amide bonds. The van der Waals surface area contributed by atoms with Crippen LogP contribution in [-0.4, -0.2) is 12.2 Å². The summed E-state index contributed by atoms with van der Waals surface area (Å²) in [7, 11) is 0. The van der Waals surface area contributed by atoms with E-state index in [4.69, 9.17) is 4.74 Å². The molecular formula is C9H18O. The van der Waals surface area contributed by atoms with E-state index in [0.29, 0.717) is 5.60 Å². The number of hydrogen-bond acceptors (Lipinski definition) is 1. The molecule has 10 heavy (non-hydrogen) atoms. The molecule has 2 aliphatic heterocycles. The third-order valence-electron chi connectivity index (χ3n) is 2.59. The van der Waals surface area contributed by atoms with Crippen LogP contribution in [0.1, 0.15) is 40.0 Å². The minimum atomic E-state index is 0.380. The van der Waals surface area contributed by atoms with Gasteiger partial charge in [-0.2, -0.15) is 0 Å². The summed E-state index contributed by atoms with van der Waals surface area (Å²) in [6.45, 7) is 7.27. The van der Waals surface area contributed by atoms with Gasteiger partial charge in [-0.25, -0.2) is 0 Å². The molecule has 3 aliphatic rings. The first kappa shape index (κ1) is 8.06. The van der Waals surface area contributed by atoms with Crippen LogP contribution in [0.15, 0.2) is 0 Å². The van der Waals surface area contributed by atoms with Crippen LogP contribution >= 0.6 is 0 Å². The van der Waals surface area contributed by atoms with E-state index in [1.807, 2.05) is 13.8 Å². The third kappa shape index (κ3) is 1.07. The second kappa shape index (κ2) is 2.91. The Morgan fingerprint density at radius 2 is 2.00 bits per heavy atom. The zero-order valence-corrected chi connectivity index (χ0v) is 7.31. The van der Waals surface area contributed by atoms with Gasteiger partial charge < -0.3 is 4.74 Å². The zero-order valence-electron chi connectivity index (χ0n) is 7.31. The van der Waals surface area contributed by atoms with Gasteiger partial charge in [-0.1, -0.05) is 20.8 Å². The standard InChI is InChI=1S/C7H12O.C2H6/c1-2-7-3-6(4-7)5-8-7;1-2/h6H,2-5H2,1H3;1-2H3. The summed E-state index contributed by atoms with van der Waals surface area (Å²) in [5.74, 6) is 0.940. The van der Waals surface area contributed by atoms with E-state index in [9.17, 15) is 0 Å². The van der Waals surface area contributed by atoms with Crippen LogP contribution in [-0.2, 0) is 4.74 Å². The minimum Gasteiger partial charge on any atom is -0.375 e. The molecule has 0 radical (unpaired) electrons. The first-order valence-electron chi connectivity index (χ1n) is 4.49. The topological polar surface area (TPSA) is 9.23 Å². The highest BCUT2D eigenvalue weighted by Gasteiger charge is 2.50. The second-order valence-corrected chi connectivity index (χ2v) is 3.12. The molecule has 0 unspecified atom stereocenters. The molecule has 0 aromatic rings. The Labute approximate surface area is 63.8 Å². The van der Waals surface area contributed by atoms with Crippen molar-refractivity contribution in [3.63, 3.8) is 0 Å². The predicted molar refractivity (Wildman–Crippen MR) is 43.0 cm³/mol. The van der Waals surface area contributed by atoms with Crippen molar-refractivity contribution in [1.29, 1.82) is 0 Å². The molecule has 0 N–H and O–H groups in total. The Kier molecular flexibility index (Phi) is 2.35. The average molecular weight is 142 g/mol. The molecule has 60 valence electrons. The van der Waals surface area contributed by atoms with Crippen molar-refractivity contribution in [3.05, 3.63) is 0 Å². The van der Waals surface area contributed by atoms with E-state index in [1.54, 1.807) is 0 Å². The van der Waals surface area contributed by atoms with Gasteiger partial charge in [0.25, 0.3) is 0 Å². The molecule has 3 fully saturated rings. The molecule has 1 nitrogen and oxygen atoms in total. The number of ether oxygens (including phenoxy) is 1. The molecule has 2 bridgehead atoms. The van der Waals surface area contributed by atoms with Crippen LogP contribution in [0.3, 0.4) is 0 Å². The molecule has 1 heteroatoms. The van der Waals surface area contributed by atoms with E-state index >= 15 is 0 Å². The van der Waals surface area contributed by atoms with Crippen LogP contribution in [0.5, 0.6) is 0 Å². The van der Waals surface area contributed by atoms with Crippen molar-refractivity contribution in [3.8, 4) is 0 Å². The lowest BCUT2D eigenvalue weighted by Crippen LogP contribution is -2.35. The summed E-state index contributed by atoms with van der Waals surface area (Å²) in [6.07, 6.45) is 3.93. The van der Waals surface area contributed by atoms with Crippen molar-refractivity contribution >= 4 is 0 Å². The third-order valence-corrected chi connectivity index (χ3v) is 2.59. The highest BCUT2D eigenvalue weighted by molar-refractivity contribution is 5.00. The fraction of sp³-hybridized carbons (Fsp3) is 1.00. The number of fused-ring (bicyclic) bond motifs is 1. The maximum Gasteiger partial charge on any atom is 0.0687 e. The van der Waals surface area contributed by atoms with Crippen molar-refractivity contribution in [2.75, 3.05) is 6.61 Å². The fourth-order valence-corrected chi connectivity index (χ4v) is 1.91. The molecule has 0 aromatic carbocycles. The Hall–Kier alpha value is -0.0400. The molecule has 1 saturated carbocycles. The Morgan fingerprint density at radius 1 is 1.40 bits per heavy atom. The van der Waals surface area contributed by atoms with Gasteiger partial charge in [0.05, 0.1) is 12.2 Å². The van der Waals surface area contributed by atoms with E-state index in [-0.39, 0.29) is 0 Å². The van der Waals surface area contributed by atoms with E-state index in [2.05, 4.69) is 6.92 Å². The molecule has 0 aromatic heterocycles. The largest absolute Gasteiger partial charge is 0.375 e. The zero-order chi connectivity index (χ0) is 7.61. The molecular weight excluding hydrogens is 124 g/mol. The molecule has 2 heterocycles. The van der Waals surface area contributed by atoms with Crippen molar-refractivity contribution in [2.24, 2.45) is 5.92 Å². The van der Waals surface area contributed by atoms with E-state index < -0.39 is 0 Å². The van der Waals surface area contributed by atoms with Gasteiger partial charge in [-0.15, -0.1) is 0 Å². The lowest BCUT2D eigenvalue weighted by atomic mass is 9.73. The van der Waals surface area contributed by atoms with E-state index in [0.717, 1.165) is 12.5 Å². The normalized spacial score (nSPS) is 41.7. The van der Waals surface area contributed by atoms with Crippen LogP contribution in [0.25, 0.3) is 0 Å². The Morgan fingerprint density at radius 3 is 2.20 bits per heavy atom. The maximum atomic E-state index is 5.56. The first-order valence-corrected chi connectivity index (χ1v) is 4.49. The van der Waals surface area contributed by atoms with Crippen LogP contribution in [0.2, 0.25) is 0 Å². The van der Waals surface area contributed by atoms with Gasteiger partial charge in [0, 0.05) is 0 Å². The van der Waals surface area contributed by atoms with Gasteiger partial charge in [0.2, 0.25) is 0 Å². The summed E-state index contributed by atoms with van der Waals surface area (Å²) in [6, 6.07) is 0. The number of hydrogen-bond donors (Lipinski definition) is 0. The van der Waals surface area contributed by atoms with Crippen molar-refractivity contribution in [2.45, 2.75) is 45.6 Å². The summed E-state index contributed by atoms with van der Waals surface area (Å²) in [5, 5.41) is 0. The second-order valence-electron chi connectivity index (χ2n) is 3.12. The highest BCUT2D eigenvalue weighted by Crippen LogP contribution is 2.49. The van der Waals surface area contributed by atoms with Crippen molar-refractivity contribution < 1.29 is 4.74 Å². The van der Waals surface area contributed by atoms with Crippen LogP contribution in [0.4, 0.5) is 0 Å². The monoisotopic (exact) mass is 142 g/mol. The molecule has 0 spiro atoms. The van der Waals surface area contributed by atoms with Crippen LogP contribution in [0, 0.1) is 5.92 Å². The quantitative estimate of drug-likeness (QED) is 0.547. The van der Waals surface area contributed by atoms with Crippen LogP contribution < -0.4 is 0 Å². The molecule has 0 atom stereocenters. The summed E-state index contributed by atoms with van der Waals surface area (Å²) in [5.41, 5.74) is 0.380. The fourth-order valence-electron chi connectivity index (χ4n) is 1.91. The van der Waals surface area contributed by atoms with Gasteiger partial charge in [-0.3, -0.25) is 0 Å². The lowest BCUT2D eigenvalue weighted by Gasteiger charge is -2.34. The summed E-state index contributed by atoms with van der Waals surface area (Å²) >= 11 is 0. The van der Waals surface area contributed by atoms with Gasteiger partial charge in [-0.05, 0) is 25.2 Å². The molecule has 2 saturated heterocycles. The number of rotatable bonds is 1. The van der Waals surface area contributed by atoms with Gasteiger partial charge in [0.1, 0.15) is 0 Å². The SMILES string of the molecule is CC.CCC12CC(CO1)C2.